The van der Waals surface area contributed by atoms with Crippen molar-refractivity contribution >= 4 is 5.91 Å². The van der Waals surface area contributed by atoms with Crippen LogP contribution in [0.15, 0.2) is 60.7 Å². The molecular formula is C22H25NO5. The number of piperidine rings is 1. The maximum absolute atomic E-state index is 12.4. The van der Waals surface area contributed by atoms with E-state index >= 15 is 0 Å². The van der Waals surface area contributed by atoms with Crippen LogP contribution in [0.25, 0.3) is 0 Å². The van der Waals surface area contributed by atoms with E-state index in [9.17, 15) is 15.0 Å². The van der Waals surface area contributed by atoms with Gasteiger partial charge in [0, 0.05) is 0 Å². The third-order valence-corrected chi connectivity index (χ3v) is 5.48. The smallest absolute Gasteiger partial charge is 0.225 e. The minimum atomic E-state index is -1.08. The van der Waals surface area contributed by atoms with Crippen LogP contribution in [-0.2, 0) is 27.5 Å². The van der Waals surface area contributed by atoms with E-state index in [4.69, 9.17) is 9.47 Å². The van der Waals surface area contributed by atoms with Gasteiger partial charge in [-0.05, 0) is 11.1 Å². The van der Waals surface area contributed by atoms with Crippen LogP contribution in [0.5, 0.6) is 0 Å². The number of hydrogen-bond acceptors (Lipinski definition) is 5. The Balaban J connectivity index is 1.51. The highest BCUT2D eigenvalue weighted by Crippen LogP contribution is 2.33. The highest BCUT2D eigenvalue weighted by atomic mass is 16.5. The molecule has 2 aliphatic heterocycles. The molecular weight excluding hydrogens is 358 g/mol. The number of carbonyl (C=O) groups is 1. The number of hydrogen-bond donors (Lipinski definition) is 2. The lowest BCUT2D eigenvalue weighted by molar-refractivity contribution is -0.156. The van der Waals surface area contributed by atoms with Crippen LogP contribution in [0, 0.1) is 0 Å². The minimum Gasteiger partial charge on any atom is -0.390 e. The van der Waals surface area contributed by atoms with Gasteiger partial charge in [-0.15, -0.1) is 0 Å². The molecule has 2 aromatic rings. The normalized spacial score (nSPS) is 29.7. The first kappa shape index (κ1) is 19.1. The van der Waals surface area contributed by atoms with Crippen LogP contribution in [0.1, 0.15) is 17.5 Å². The number of aliphatic hydroxyl groups is 2. The summed E-state index contributed by atoms with van der Waals surface area (Å²) in [6.45, 7) is 1.09. The number of aliphatic hydroxyl groups excluding tert-OH is 2. The average molecular weight is 383 g/mol. The van der Waals surface area contributed by atoms with E-state index < -0.39 is 24.4 Å². The van der Waals surface area contributed by atoms with E-state index in [1.165, 1.54) is 0 Å². The van der Waals surface area contributed by atoms with Crippen LogP contribution in [0.4, 0.5) is 0 Å². The van der Waals surface area contributed by atoms with Gasteiger partial charge < -0.3 is 24.6 Å². The number of benzene rings is 2. The first-order valence-corrected chi connectivity index (χ1v) is 9.60. The fraction of sp³-hybridized carbons (Fsp3) is 0.409. The van der Waals surface area contributed by atoms with Gasteiger partial charge in [-0.3, -0.25) is 4.79 Å². The highest BCUT2D eigenvalue weighted by Gasteiger charge is 2.53. The molecule has 148 valence electrons. The molecule has 0 aromatic heterocycles. The second-order valence-corrected chi connectivity index (χ2v) is 7.40. The molecule has 2 aromatic carbocycles. The second-order valence-electron chi connectivity index (χ2n) is 7.40. The SMILES string of the molecule is O=C1C[C@@H](O)[C@@H](O)[C@@H]2[C@H](OCc3ccccc3)[C@@H](OCc3ccccc3)CN12. The number of fused-ring (bicyclic) bond motifs is 1. The monoisotopic (exact) mass is 383 g/mol. The van der Waals surface area contributed by atoms with E-state index in [-0.39, 0.29) is 18.4 Å². The maximum Gasteiger partial charge on any atom is 0.225 e. The van der Waals surface area contributed by atoms with Crippen LogP contribution in [0.3, 0.4) is 0 Å². The van der Waals surface area contributed by atoms with Crippen LogP contribution in [-0.4, -0.2) is 58.0 Å². The number of rotatable bonds is 6. The quantitative estimate of drug-likeness (QED) is 0.790. The van der Waals surface area contributed by atoms with Crippen molar-refractivity contribution in [3.8, 4) is 0 Å². The Bertz CT molecular complexity index is 784. The predicted molar refractivity (Wildman–Crippen MR) is 102 cm³/mol. The number of nitrogens with zero attached hydrogens (tertiary/aromatic N) is 1. The summed E-state index contributed by atoms with van der Waals surface area (Å²) in [6.07, 6.45) is -3.10. The summed E-state index contributed by atoms with van der Waals surface area (Å²) < 4.78 is 12.2. The van der Waals surface area contributed by atoms with Gasteiger partial charge in [0.15, 0.2) is 0 Å². The van der Waals surface area contributed by atoms with Crippen molar-refractivity contribution in [1.82, 2.24) is 4.90 Å². The lowest BCUT2D eigenvalue weighted by Gasteiger charge is -2.38. The Hall–Kier alpha value is -2.25. The molecule has 2 N–H and O–H groups in total. The van der Waals surface area contributed by atoms with Gasteiger partial charge in [0.2, 0.25) is 5.91 Å². The number of carbonyl (C=O) groups excluding carboxylic acids is 1. The van der Waals surface area contributed by atoms with E-state index in [0.717, 1.165) is 11.1 Å². The molecule has 0 aliphatic carbocycles. The van der Waals surface area contributed by atoms with Gasteiger partial charge in [-0.2, -0.15) is 0 Å². The Labute approximate surface area is 164 Å². The summed E-state index contributed by atoms with van der Waals surface area (Å²) >= 11 is 0. The molecule has 5 atom stereocenters. The van der Waals surface area contributed by atoms with Crippen molar-refractivity contribution < 1.29 is 24.5 Å². The van der Waals surface area contributed by atoms with Crippen molar-refractivity contribution in [2.45, 2.75) is 50.1 Å². The van der Waals surface area contributed by atoms with E-state index in [1.54, 1.807) is 4.90 Å². The van der Waals surface area contributed by atoms with Crippen molar-refractivity contribution in [2.24, 2.45) is 0 Å². The molecule has 6 heteroatoms. The van der Waals surface area contributed by atoms with E-state index in [1.807, 2.05) is 60.7 Å². The molecule has 0 saturated carbocycles. The van der Waals surface area contributed by atoms with Crippen LogP contribution >= 0.6 is 0 Å². The van der Waals surface area contributed by atoms with Crippen molar-refractivity contribution in [3.05, 3.63) is 71.8 Å². The average Bonchev–Trinajstić information content (AvgIpc) is 3.10. The molecule has 2 fully saturated rings. The lowest BCUT2D eigenvalue weighted by Crippen LogP contribution is -2.58. The van der Waals surface area contributed by atoms with Crippen LogP contribution < -0.4 is 0 Å². The standard InChI is InChI=1S/C22H25NO5/c24-17-11-19(25)23-12-18(27-13-15-7-3-1-4-8-15)22(20(23)21(17)26)28-14-16-9-5-2-6-10-16/h1-10,17-18,20-22,24,26H,11-14H2/t17-,18+,20-,21-,22-/m1/s1. The zero-order valence-electron chi connectivity index (χ0n) is 15.6. The largest absolute Gasteiger partial charge is 0.390 e. The Kier molecular flexibility index (Phi) is 5.73. The molecule has 0 bridgehead atoms. The molecule has 28 heavy (non-hydrogen) atoms. The van der Waals surface area contributed by atoms with Gasteiger partial charge >= 0.3 is 0 Å². The Morgan fingerprint density at radius 3 is 2.07 bits per heavy atom. The van der Waals surface area contributed by atoms with Crippen molar-refractivity contribution in [3.63, 3.8) is 0 Å². The third-order valence-electron chi connectivity index (χ3n) is 5.48. The summed E-state index contributed by atoms with van der Waals surface area (Å²) in [7, 11) is 0. The molecule has 6 nitrogen and oxygen atoms in total. The summed E-state index contributed by atoms with van der Waals surface area (Å²) in [6, 6.07) is 18.9. The van der Waals surface area contributed by atoms with Gasteiger partial charge in [-0.1, -0.05) is 60.7 Å². The molecule has 0 radical (unpaired) electrons. The fourth-order valence-corrected chi connectivity index (χ4v) is 4.01. The van der Waals surface area contributed by atoms with Crippen molar-refractivity contribution in [2.75, 3.05) is 6.54 Å². The molecule has 2 saturated heterocycles. The van der Waals surface area contributed by atoms with E-state index in [0.29, 0.717) is 19.8 Å². The Morgan fingerprint density at radius 1 is 0.893 bits per heavy atom. The molecule has 2 aliphatic rings. The first-order chi connectivity index (χ1) is 13.6. The van der Waals surface area contributed by atoms with Crippen molar-refractivity contribution in [1.29, 1.82) is 0 Å². The lowest BCUT2D eigenvalue weighted by atomic mass is 9.94. The maximum atomic E-state index is 12.4. The zero-order valence-corrected chi connectivity index (χ0v) is 15.6. The Morgan fingerprint density at radius 2 is 1.46 bits per heavy atom. The van der Waals surface area contributed by atoms with E-state index in [2.05, 4.69) is 0 Å². The molecule has 4 rings (SSSR count). The first-order valence-electron chi connectivity index (χ1n) is 9.60. The fourth-order valence-electron chi connectivity index (χ4n) is 4.01. The summed E-state index contributed by atoms with van der Waals surface area (Å²) in [4.78, 5) is 14.0. The van der Waals surface area contributed by atoms with Gasteiger partial charge in [0.25, 0.3) is 0 Å². The second kappa shape index (κ2) is 8.41. The number of ether oxygens (including phenoxy) is 2. The molecule has 0 unspecified atom stereocenters. The zero-order chi connectivity index (χ0) is 19.5. The highest BCUT2D eigenvalue weighted by molar-refractivity contribution is 5.79. The topological polar surface area (TPSA) is 79.2 Å². The summed E-state index contributed by atoms with van der Waals surface area (Å²) in [5.74, 6) is -0.179. The third kappa shape index (κ3) is 3.95. The molecule has 0 spiro atoms. The van der Waals surface area contributed by atoms with Gasteiger partial charge in [0.05, 0.1) is 38.3 Å². The number of amides is 1. The van der Waals surface area contributed by atoms with Gasteiger partial charge in [0.1, 0.15) is 18.3 Å². The molecule has 1 amide bonds. The molecule has 2 heterocycles. The van der Waals surface area contributed by atoms with Crippen LogP contribution in [0.2, 0.25) is 0 Å². The minimum absolute atomic E-state index is 0.0749. The summed E-state index contributed by atoms with van der Waals surface area (Å²) in [5.41, 5.74) is 2.03. The predicted octanol–water partition coefficient (Wildman–Crippen LogP) is 1.49. The summed E-state index contributed by atoms with van der Waals surface area (Å²) in [5, 5.41) is 20.7. The van der Waals surface area contributed by atoms with Gasteiger partial charge in [-0.25, -0.2) is 0 Å².